The van der Waals surface area contributed by atoms with Crippen molar-refractivity contribution in [1.29, 1.82) is 0 Å². The van der Waals surface area contributed by atoms with Crippen molar-refractivity contribution in [1.82, 2.24) is 14.8 Å². The summed E-state index contributed by atoms with van der Waals surface area (Å²) >= 11 is 13.3. The summed E-state index contributed by atoms with van der Waals surface area (Å²) in [6.07, 6.45) is 0. The number of halogens is 2. The first-order valence-corrected chi connectivity index (χ1v) is 9.98. The van der Waals surface area contributed by atoms with Crippen LogP contribution in [0.15, 0.2) is 60.0 Å². The van der Waals surface area contributed by atoms with Gasteiger partial charge in [0.2, 0.25) is 5.13 Å². The summed E-state index contributed by atoms with van der Waals surface area (Å²) < 4.78 is 1.63. The van der Waals surface area contributed by atoms with Gasteiger partial charge < -0.3 is 5.32 Å². The van der Waals surface area contributed by atoms with Crippen LogP contribution in [0.1, 0.15) is 16.1 Å². The Kier molecular flexibility index (Phi) is 5.17. The predicted octanol–water partition coefficient (Wildman–Crippen LogP) is 5.86. The molecular formula is C20H14Cl2N4OS. The van der Waals surface area contributed by atoms with Crippen LogP contribution in [-0.2, 0) is 0 Å². The van der Waals surface area contributed by atoms with Crippen molar-refractivity contribution in [2.24, 2.45) is 0 Å². The topological polar surface area (TPSA) is 59.8 Å². The Hall–Kier alpha value is -2.67. The molecular weight excluding hydrogens is 415 g/mol. The van der Waals surface area contributed by atoms with Gasteiger partial charge in [-0.15, -0.1) is 11.3 Å². The minimum Gasteiger partial charge on any atom is -0.306 e. The van der Waals surface area contributed by atoms with Gasteiger partial charge in [0, 0.05) is 32.6 Å². The molecule has 0 aliphatic heterocycles. The third kappa shape index (κ3) is 3.94. The van der Waals surface area contributed by atoms with Crippen molar-refractivity contribution in [3.05, 3.63) is 81.3 Å². The Labute approximate surface area is 175 Å². The molecule has 8 heteroatoms. The van der Waals surface area contributed by atoms with Gasteiger partial charge in [-0.3, -0.25) is 4.79 Å². The summed E-state index contributed by atoms with van der Waals surface area (Å²) in [5.41, 5.74) is 3.06. The third-order valence-corrected chi connectivity index (χ3v) is 5.31. The maximum Gasteiger partial charge on any atom is 0.256 e. The number of hydrogen-bond acceptors (Lipinski definition) is 4. The Bertz CT molecular complexity index is 1130. The fourth-order valence-corrected chi connectivity index (χ4v) is 3.69. The highest BCUT2D eigenvalue weighted by molar-refractivity contribution is 7.12. The Morgan fingerprint density at radius 2 is 1.68 bits per heavy atom. The van der Waals surface area contributed by atoms with Gasteiger partial charge in [-0.05, 0) is 43.3 Å². The van der Waals surface area contributed by atoms with E-state index in [9.17, 15) is 4.79 Å². The molecule has 0 aliphatic rings. The zero-order valence-electron chi connectivity index (χ0n) is 14.7. The molecule has 0 aliphatic carbocycles. The Morgan fingerprint density at radius 1 is 1.04 bits per heavy atom. The van der Waals surface area contributed by atoms with E-state index in [2.05, 4.69) is 15.4 Å². The van der Waals surface area contributed by atoms with Gasteiger partial charge in [0.15, 0.2) is 0 Å². The van der Waals surface area contributed by atoms with Crippen molar-refractivity contribution in [3.63, 3.8) is 0 Å². The predicted molar refractivity (Wildman–Crippen MR) is 114 cm³/mol. The fraction of sp³-hybridized carbons (Fsp3) is 0.0500. The number of hydrogen-bond donors (Lipinski definition) is 1. The number of amides is 1. The van der Waals surface area contributed by atoms with Crippen molar-refractivity contribution >= 4 is 46.3 Å². The molecule has 1 amide bonds. The summed E-state index contributed by atoms with van der Waals surface area (Å²) in [5.74, 6) is 0.307. The molecule has 1 N–H and O–H groups in total. The molecule has 2 heterocycles. The maximum atomic E-state index is 12.6. The third-order valence-electron chi connectivity index (χ3n) is 3.99. The SMILES string of the molecule is Cc1cc(NC(=O)c2ccc(Cl)cc2)n(-c2nc(-c3ccc(Cl)cc3)cs2)n1. The van der Waals surface area contributed by atoms with E-state index in [1.807, 2.05) is 36.6 Å². The first-order chi connectivity index (χ1) is 13.5. The quantitative estimate of drug-likeness (QED) is 0.442. The van der Waals surface area contributed by atoms with Crippen LogP contribution in [-0.4, -0.2) is 20.7 Å². The molecule has 0 spiro atoms. The molecule has 0 saturated carbocycles. The van der Waals surface area contributed by atoms with Gasteiger partial charge >= 0.3 is 0 Å². The van der Waals surface area contributed by atoms with Gasteiger partial charge in [-0.2, -0.15) is 9.78 Å². The van der Waals surface area contributed by atoms with E-state index >= 15 is 0 Å². The first kappa shape index (κ1) is 18.7. The first-order valence-electron chi connectivity index (χ1n) is 8.35. The number of carbonyl (C=O) groups is 1. The molecule has 4 aromatic rings. The average molecular weight is 429 g/mol. The van der Waals surface area contributed by atoms with E-state index < -0.39 is 0 Å². The maximum absolute atomic E-state index is 12.6. The van der Waals surface area contributed by atoms with Crippen LogP contribution in [0.2, 0.25) is 10.0 Å². The molecule has 140 valence electrons. The molecule has 0 bridgehead atoms. The number of carbonyl (C=O) groups excluding carboxylic acids is 1. The number of benzene rings is 2. The van der Waals surface area contributed by atoms with Crippen molar-refractivity contribution in [3.8, 4) is 16.4 Å². The monoisotopic (exact) mass is 428 g/mol. The molecule has 2 aromatic carbocycles. The van der Waals surface area contributed by atoms with E-state index in [0.717, 1.165) is 17.0 Å². The lowest BCUT2D eigenvalue weighted by molar-refractivity contribution is 0.102. The lowest BCUT2D eigenvalue weighted by Crippen LogP contribution is -2.15. The zero-order valence-corrected chi connectivity index (χ0v) is 17.0. The standard InChI is InChI=1S/C20H14Cl2N4OS/c1-12-10-18(24-19(27)14-4-8-16(22)9-5-14)26(25-12)20-23-17(11-28-20)13-2-6-15(21)7-3-13/h2-11H,1H3,(H,24,27). The Balaban J connectivity index is 1.62. The number of aromatic nitrogens is 3. The zero-order chi connectivity index (χ0) is 19.7. The smallest absolute Gasteiger partial charge is 0.256 e. The number of thiazole rings is 1. The molecule has 0 fully saturated rings. The lowest BCUT2D eigenvalue weighted by Gasteiger charge is -2.06. The minimum absolute atomic E-state index is 0.243. The number of nitrogens with zero attached hydrogens (tertiary/aromatic N) is 3. The number of aryl methyl sites for hydroxylation is 1. The van der Waals surface area contributed by atoms with Crippen LogP contribution < -0.4 is 5.32 Å². The minimum atomic E-state index is -0.243. The molecule has 28 heavy (non-hydrogen) atoms. The normalized spacial score (nSPS) is 10.8. The second kappa shape index (κ2) is 7.75. The summed E-state index contributed by atoms with van der Waals surface area (Å²) in [6, 6.07) is 16.0. The lowest BCUT2D eigenvalue weighted by atomic mass is 10.2. The molecule has 0 atom stereocenters. The summed E-state index contributed by atoms with van der Waals surface area (Å²) in [7, 11) is 0. The van der Waals surface area contributed by atoms with E-state index in [4.69, 9.17) is 23.2 Å². The van der Waals surface area contributed by atoms with Crippen LogP contribution in [0.3, 0.4) is 0 Å². The van der Waals surface area contributed by atoms with Crippen LogP contribution >= 0.6 is 34.5 Å². The number of anilines is 1. The van der Waals surface area contributed by atoms with Crippen LogP contribution in [0, 0.1) is 6.92 Å². The van der Waals surface area contributed by atoms with E-state index in [1.54, 1.807) is 35.0 Å². The second-order valence-corrected chi connectivity index (χ2v) is 7.78. The Morgan fingerprint density at radius 3 is 2.36 bits per heavy atom. The summed E-state index contributed by atoms with van der Waals surface area (Å²) in [4.78, 5) is 17.2. The number of rotatable bonds is 4. The molecule has 0 unspecified atom stereocenters. The van der Waals surface area contributed by atoms with E-state index in [1.165, 1.54) is 11.3 Å². The van der Waals surface area contributed by atoms with E-state index in [0.29, 0.717) is 26.6 Å². The highest BCUT2D eigenvalue weighted by Crippen LogP contribution is 2.27. The molecule has 0 saturated heterocycles. The molecule has 5 nitrogen and oxygen atoms in total. The summed E-state index contributed by atoms with van der Waals surface area (Å²) in [5, 5.41) is 11.2. The van der Waals surface area contributed by atoms with Crippen molar-refractivity contribution in [2.75, 3.05) is 5.32 Å². The van der Waals surface area contributed by atoms with Crippen molar-refractivity contribution < 1.29 is 4.79 Å². The van der Waals surface area contributed by atoms with Gasteiger partial charge in [0.1, 0.15) is 5.82 Å². The van der Waals surface area contributed by atoms with Gasteiger partial charge in [-0.25, -0.2) is 4.98 Å². The highest BCUT2D eigenvalue weighted by Gasteiger charge is 2.15. The second-order valence-electron chi connectivity index (χ2n) is 6.07. The summed E-state index contributed by atoms with van der Waals surface area (Å²) in [6.45, 7) is 1.86. The molecule has 2 aromatic heterocycles. The van der Waals surface area contributed by atoms with Crippen molar-refractivity contribution in [2.45, 2.75) is 6.92 Å². The van der Waals surface area contributed by atoms with Crippen LogP contribution in [0.4, 0.5) is 5.82 Å². The molecule has 0 radical (unpaired) electrons. The van der Waals surface area contributed by atoms with E-state index in [-0.39, 0.29) is 5.91 Å². The fourth-order valence-electron chi connectivity index (χ4n) is 2.64. The average Bonchev–Trinajstić information content (AvgIpc) is 3.29. The molecule has 4 rings (SSSR count). The highest BCUT2D eigenvalue weighted by atomic mass is 35.5. The number of nitrogens with one attached hydrogen (secondary N) is 1. The van der Waals surface area contributed by atoms with Gasteiger partial charge in [0.05, 0.1) is 11.4 Å². The van der Waals surface area contributed by atoms with Crippen LogP contribution in [0.25, 0.3) is 16.4 Å². The van der Waals surface area contributed by atoms with Gasteiger partial charge in [0.25, 0.3) is 5.91 Å². The largest absolute Gasteiger partial charge is 0.306 e. The van der Waals surface area contributed by atoms with Gasteiger partial charge in [-0.1, -0.05) is 35.3 Å². The van der Waals surface area contributed by atoms with Crippen LogP contribution in [0.5, 0.6) is 0 Å².